The van der Waals surface area contributed by atoms with E-state index in [1.807, 2.05) is 69.3 Å². The average molecular weight is 320 g/mol. The number of hydrogen-bond donors (Lipinski definition) is 0. The van der Waals surface area contributed by atoms with E-state index in [4.69, 9.17) is 0 Å². The molecule has 3 rings (SSSR count). The number of rotatable bonds is 3. The zero-order valence-electron chi connectivity index (χ0n) is 14.1. The molecule has 0 aliphatic rings. The Morgan fingerprint density at radius 1 is 0.917 bits per heavy atom. The van der Waals surface area contributed by atoms with Gasteiger partial charge in [0.25, 0.3) is 11.5 Å². The topological polar surface area (TPSA) is 44.0 Å². The van der Waals surface area contributed by atoms with Crippen LogP contribution >= 0.6 is 0 Å². The van der Waals surface area contributed by atoms with Gasteiger partial charge in [0.2, 0.25) is 0 Å². The Kier molecular flexibility index (Phi) is 4.21. The maximum absolute atomic E-state index is 13.1. The van der Waals surface area contributed by atoms with Gasteiger partial charge in [-0.1, -0.05) is 50.2 Å². The fourth-order valence-electron chi connectivity index (χ4n) is 3.04. The lowest BCUT2D eigenvalue weighted by Gasteiger charge is -2.12. The predicted octanol–water partition coefficient (Wildman–Crippen LogP) is 3.76. The highest BCUT2D eigenvalue weighted by Crippen LogP contribution is 2.19. The van der Waals surface area contributed by atoms with Gasteiger partial charge in [0.15, 0.2) is 0 Å². The number of carbonyl (C=O) groups excluding carboxylic acids is 1. The summed E-state index contributed by atoms with van der Waals surface area (Å²) in [6.45, 7) is 5.77. The lowest BCUT2D eigenvalue weighted by Crippen LogP contribution is -2.27. The zero-order chi connectivity index (χ0) is 17.3. The number of para-hydroxylation sites is 1. The van der Waals surface area contributed by atoms with Gasteiger partial charge >= 0.3 is 0 Å². The molecule has 0 saturated carbocycles. The first-order valence-electron chi connectivity index (χ1n) is 8.02. The maximum Gasteiger partial charge on any atom is 0.277 e. The van der Waals surface area contributed by atoms with Gasteiger partial charge in [0.1, 0.15) is 0 Å². The number of benzene rings is 2. The highest BCUT2D eigenvalue weighted by molar-refractivity contribution is 5.96. The zero-order valence-corrected chi connectivity index (χ0v) is 14.1. The molecule has 0 bridgehead atoms. The fourth-order valence-corrected chi connectivity index (χ4v) is 3.04. The van der Waals surface area contributed by atoms with Crippen molar-refractivity contribution in [1.29, 1.82) is 0 Å². The first-order valence-corrected chi connectivity index (χ1v) is 8.02. The third kappa shape index (κ3) is 2.60. The molecule has 2 aromatic carbocycles. The van der Waals surface area contributed by atoms with Gasteiger partial charge in [-0.15, -0.1) is 0 Å². The highest BCUT2D eigenvalue weighted by Gasteiger charge is 2.24. The van der Waals surface area contributed by atoms with Crippen molar-refractivity contribution in [2.45, 2.75) is 26.7 Å². The van der Waals surface area contributed by atoms with Crippen LogP contribution in [-0.4, -0.2) is 15.3 Å². The second-order valence-electron chi connectivity index (χ2n) is 6.09. The van der Waals surface area contributed by atoms with Gasteiger partial charge in [-0.05, 0) is 37.1 Å². The molecular formula is C20H20N2O2. The molecular weight excluding hydrogens is 300 g/mol. The van der Waals surface area contributed by atoms with Crippen molar-refractivity contribution in [1.82, 2.24) is 9.36 Å². The van der Waals surface area contributed by atoms with Crippen LogP contribution in [0.5, 0.6) is 0 Å². The van der Waals surface area contributed by atoms with Gasteiger partial charge in [0.05, 0.1) is 11.4 Å². The van der Waals surface area contributed by atoms with Crippen LogP contribution < -0.4 is 5.56 Å². The van der Waals surface area contributed by atoms with Gasteiger partial charge in [-0.2, -0.15) is 0 Å². The minimum absolute atomic E-state index is 0.0392. The summed E-state index contributed by atoms with van der Waals surface area (Å²) >= 11 is 0. The summed E-state index contributed by atoms with van der Waals surface area (Å²) in [4.78, 5) is 26.0. The van der Waals surface area contributed by atoms with Crippen molar-refractivity contribution in [3.8, 4) is 5.69 Å². The molecule has 0 spiro atoms. The Morgan fingerprint density at radius 3 is 2.00 bits per heavy atom. The Hall–Kier alpha value is -2.88. The van der Waals surface area contributed by atoms with E-state index in [2.05, 4.69) is 0 Å². The molecule has 0 radical (unpaired) electrons. The van der Waals surface area contributed by atoms with E-state index in [0.29, 0.717) is 22.5 Å². The van der Waals surface area contributed by atoms with Crippen molar-refractivity contribution in [3.05, 3.63) is 87.8 Å². The van der Waals surface area contributed by atoms with Crippen LogP contribution in [0.3, 0.4) is 0 Å². The number of carbonyl (C=O) groups is 1. The molecule has 0 aliphatic carbocycles. The molecule has 0 amide bonds. The molecule has 4 nitrogen and oxygen atoms in total. The molecule has 0 unspecified atom stereocenters. The predicted molar refractivity (Wildman–Crippen MR) is 95.0 cm³/mol. The van der Waals surface area contributed by atoms with Crippen molar-refractivity contribution < 1.29 is 4.79 Å². The Morgan fingerprint density at radius 2 is 1.46 bits per heavy atom. The van der Waals surface area contributed by atoms with Crippen LogP contribution in [0.25, 0.3) is 5.69 Å². The lowest BCUT2D eigenvalue weighted by molar-refractivity contribution is 0.0933. The number of aromatic nitrogens is 2. The molecule has 0 atom stereocenters. The van der Waals surface area contributed by atoms with Gasteiger partial charge in [-0.3, -0.25) is 9.59 Å². The van der Waals surface area contributed by atoms with E-state index in [1.54, 1.807) is 12.1 Å². The molecule has 24 heavy (non-hydrogen) atoms. The molecule has 122 valence electrons. The van der Waals surface area contributed by atoms with E-state index < -0.39 is 0 Å². The summed E-state index contributed by atoms with van der Waals surface area (Å²) in [6, 6.07) is 18.3. The van der Waals surface area contributed by atoms with Crippen LogP contribution in [0.15, 0.2) is 65.5 Å². The van der Waals surface area contributed by atoms with E-state index in [-0.39, 0.29) is 17.4 Å². The first-order chi connectivity index (χ1) is 11.5. The standard InChI is InChI=1S/C20H20N2O2/c1-14(2)18-15(3)21(19(23)16-10-6-4-7-11-16)22(20(18)24)17-12-8-5-9-13-17/h4-14H,1-3H3. The van der Waals surface area contributed by atoms with Crippen LogP contribution in [0.4, 0.5) is 0 Å². The Balaban J connectivity index is 2.31. The average Bonchev–Trinajstić information content (AvgIpc) is 2.86. The summed E-state index contributed by atoms with van der Waals surface area (Å²) in [5.74, 6) is -0.168. The summed E-state index contributed by atoms with van der Waals surface area (Å²) in [5.41, 5.74) is 2.45. The van der Waals surface area contributed by atoms with E-state index >= 15 is 0 Å². The Labute approximate surface area is 141 Å². The van der Waals surface area contributed by atoms with E-state index in [0.717, 1.165) is 0 Å². The molecule has 0 saturated heterocycles. The van der Waals surface area contributed by atoms with Crippen LogP contribution in [-0.2, 0) is 0 Å². The first kappa shape index (κ1) is 16.0. The monoisotopic (exact) mass is 320 g/mol. The van der Waals surface area contributed by atoms with Crippen LogP contribution in [0, 0.1) is 6.92 Å². The van der Waals surface area contributed by atoms with E-state index in [9.17, 15) is 9.59 Å². The second kappa shape index (κ2) is 6.32. The van der Waals surface area contributed by atoms with Gasteiger partial charge < -0.3 is 0 Å². The Bertz CT molecular complexity index is 920. The van der Waals surface area contributed by atoms with Gasteiger partial charge in [-0.25, -0.2) is 9.36 Å². The normalized spacial score (nSPS) is 11.0. The van der Waals surface area contributed by atoms with Crippen LogP contribution in [0.2, 0.25) is 0 Å². The van der Waals surface area contributed by atoms with Crippen LogP contribution in [0.1, 0.15) is 41.4 Å². The van der Waals surface area contributed by atoms with Crippen molar-refractivity contribution >= 4 is 5.91 Å². The molecule has 4 heteroatoms. The SMILES string of the molecule is Cc1c(C(C)C)c(=O)n(-c2ccccc2)n1C(=O)c1ccccc1. The molecule has 0 fully saturated rings. The summed E-state index contributed by atoms with van der Waals surface area (Å²) in [7, 11) is 0. The summed E-state index contributed by atoms with van der Waals surface area (Å²) in [5, 5.41) is 0. The van der Waals surface area contributed by atoms with Crippen molar-refractivity contribution in [2.75, 3.05) is 0 Å². The third-order valence-electron chi connectivity index (χ3n) is 4.12. The molecule has 0 aliphatic heterocycles. The highest BCUT2D eigenvalue weighted by atomic mass is 16.2. The maximum atomic E-state index is 13.1. The lowest BCUT2D eigenvalue weighted by atomic mass is 10.0. The van der Waals surface area contributed by atoms with Crippen molar-refractivity contribution in [3.63, 3.8) is 0 Å². The smallest absolute Gasteiger partial charge is 0.267 e. The number of nitrogens with zero attached hydrogens (tertiary/aromatic N) is 2. The summed E-state index contributed by atoms with van der Waals surface area (Å²) < 4.78 is 2.96. The minimum atomic E-state index is -0.207. The summed E-state index contributed by atoms with van der Waals surface area (Å²) in [6.07, 6.45) is 0. The molecule has 1 aromatic heterocycles. The molecule has 3 aromatic rings. The van der Waals surface area contributed by atoms with Gasteiger partial charge in [0, 0.05) is 11.1 Å². The quantitative estimate of drug-likeness (QED) is 0.737. The minimum Gasteiger partial charge on any atom is -0.267 e. The largest absolute Gasteiger partial charge is 0.277 e. The second-order valence-corrected chi connectivity index (χ2v) is 6.09. The van der Waals surface area contributed by atoms with Crippen molar-refractivity contribution in [2.24, 2.45) is 0 Å². The molecule has 1 heterocycles. The molecule has 0 N–H and O–H groups in total. The van der Waals surface area contributed by atoms with E-state index in [1.165, 1.54) is 9.36 Å². The third-order valence-corrected chi connectivity index (χ3v) is 4.12. The fraction of sp³-hybridized carbons (Fsp3) is 0.200. The number of hydrogen-bond acceptors (Lipinski definition) is 2.